The molecule has 0 fully saturated rings. The molecule has 98 valence electrons. The molecule has 0 bridgehead atoms. The van der Waals surface area contributed by atoms with Crippen molar-refractivity contribution in [2.75, 3.05) is 17.7 Å². The molecule has 19 heavy (non-hydrogen) atoms. The first kappa shape index (κ1) is 11.9. The molecule has 0 spiro atoms. The summed E-state index contributed by atoms with van der Waals surface area (Å²) in [6.45, 7) is 3.89. The first-order chi connectivity index (χ1) is 8.99. The molecule has 0 amide bonds. The van der Waals surface area contributed by atoms with Crippen LogP contribution in [0.15, 0.2) is 18.3 Å². The van der Waals surface area contributed by atoms with E-state index in [1.165, 1.54) is 6.20 Å². The summed E-state index contributed by atoms with van der Waals surface area (Å²) in [6.07, 6.45) is 1.24. The summed E-state index contributed by atoms with van der Waals surface area (Å²) < 4.78 is 13.4. The van der Waals surface area contributed by atoms with Crippen LogP contribution in [-0.2, 0) is 0 Å². The highest BCUT2D eigenvalue weighted by atomic mass is 19.1. The van der Waals surface area contributed by atoms with Gasteiger partial charge in [0.15, 0.2) is 0 Å². The van der Waals surface area contributed by atoms with Crippen molar-refractivity contribution >= 4 is 11.5 Å². The molecule has 3 heterocycles. The Hall–Kier alpha value is -2.17. The maximum absolute atomic E-state index is 13.4. The van der Waals surface area contributed by atoms with E-state index in [-0.39, 0.29) is 11.9 Å². The number of hydrogen-bond donors (Lipinski definition) is 1. The van der Waals surface area contributed by atoms with E-state index in [9.17, 15) is 4.39 Å². The van der Waals surface area contributed by atoms with Gasteiger partial charge in [0.1, 0.15) is 11.6 Å². The Labute approximate surface area is 111 Å². The molecular weight excluding hydrogens is 243 g/mol. The van der Waals surface area contributed by atoms with Crippen molar-refractivity contribution in [3.63, 3.8) is 0 Å². The van der Waals surface area contributed by atoms with Gasteiger partial charge in [0.05, 0.1) is 23.6 Å². The Bertz CT molecular complexity index is 669. The van der Waals surface area contributed by atoms with Crippen molar-refractivity contribution in [2.24, 2.45) is 0 Å². The second-order valence-electron chi connectivity index (χ2n) is 4.92. The topological polar surface area (TPSA) is 55.0 Å². The van der Waals surface area contributed by atoms with Gasteiger partial charge in [-0.05, 0) is 26.0 Å². The number of nitrogen functional groups attached to an aromatic ring is 1. The number of pyridine rings is 2. The Morgan fingerprint density at radius 3 is 2.84 bits per heavy atom. The minimum absolute atomic E-state index is 0.0116. The van der Waals surface area contributed by atoms with Crippen molar-refractivity contribution < 1.29 is 4.39 Å². The first-order valence-corrected chi connectivity index (χ1v) is 6.15. The van der Waals surface area contributed by atoms with Crippen molar-refractivity contribution in [1.82, 2.24) is 9.97 Å². The van der Waals surface area contributed by atoms with Gasteiger partial charge < -0.3 is 10.6 Å². The van der Waals surface area contributed by atoms with E-state index >= 15 is 0 Å². The average molecular weight is 258 g/mol. The largest absolute Gasteiger partial charge is 0.382 e. The molecule has 0 aromatic carbocycles. The summed E-state index contributed by atoms with van der Waals surface area (Å²) in [5.74, 6) is 0.169. The molecule has 2 aromatic rings. The predicted molar refractivity (Wildman–Crippen MR) is 73.4 cm³/mol. The van der Waals surface area contributed by atoms with Gasteiger partial charge >= 0.3 is 0 Å². The lowest BCUT2D eigenvalue weighted by molar-refractivity contribution is 0.612. The summed E-state index contributed by atoms with van der Waals surface area (Å²) in [5.41, 5.74) is 10.3. The number of anilines is 2. The number of nitrogens with two attached hydrogens (primary N) is 1. The molecule has 0 saturated carbocycles. The first-order valence-electron chi connectivity index (χ1n) is 6.15. The molecule has 3 rings (SSSR count). The summed E-state index contributed by atoms with van der Waals surface area (Å²) in [4.78, 5) is 10.6. The van der Waals surface area contributed by atoms with Crippen LogP contribution in [0.5, 0.6) is 0 Å². The van der Waals surface area contributed by atoms with Gasteiger partial charge in [0.2, 0.25) is 0 Å². The molecule has 1 aliphatic heterocycles. The zero-order valence-electron chi connectivity index (χ0n) is 11.1. The van der Waals surface area contributed by atoms with Crippen LogP contribution >= 0.6 is 0 Å². The van der Waals surface area contributed by atoms with Gasteiger partial charge in [-0.2, -0.15) is 0 Å². The molecule has 2 N–H and O–H groups in total. The van der Waals surface area contributed by atoms with E-state index in [1.807, 2.05) is 31.9 Å². The predicted octanol–water partition coefficient (Wildman–Crippen LogP) is 2.68. The fraction of sp³-hybridized carbons (Fsp3) is 0.286. The Morgan fingerprint density at radius 2 is 2.11 bits per heavy atom. The van der Waals surface area contributed by atoms with E-state index < -0.39 is 0 Å². The number of hydrogen-bond acceptors (Lipinski definition) is 4. The maximum Gasteiger partial charge on any atom is 0.148 e. The zero-order valence-corrected chi connectivity index (χ0v) is 11.1. The molecule has 2 aromatic heterocycles. The minimum atomic E-state index is -0.318. The number of aryl methyl sites for hydroxylation is 1. The molecule has 0 saturated heterocycles. The normalized spacial score (nSPS) is 17.1. The third kappa shape index (κ3) is 1.65. The van der Waals surface area contributed by atoms with Crippen molar-refractivity contribution in [3.05, 3.63) is 35.4 Å². The number of nitrogens with zero attached hydrogens (tertiary/aromatic N) is 3. The molecule has 1 atom stereocenters. The summed E-state index contributed by atoms with van der Waals surface area (Å²) in [5, 5.41) is 0. The second-order valence-corrected chi connectivity index (χ2v) is 4.92. The van der Waals surface area contributed by atoms with E-state index in [2.05, 4.69) is 9.97 Å². The molecule has 0 aliphatic carbocycles. The molecule has 4 nitrogen and oxygen atoms in total. The summed E-state index contributed by atoms with van der Waals surface area (Å²) >= 11 is 0. The van der Waals surface area contributed by atoms with Gasteiger partial charge in [-0.25, -0.2) is 9.37 Å². The van der Waals surface area contributed by atoms with E-state index in [4.69, 9.17) is 5.73 Å². The average Bonchev–Trinajstić information content (AvgIpc) is 2.35. The summed E-state index contributed by atoms with van der Waals surface area (Å²) in [7, 11) is 1.94. The van der Waals surface area contributed by atoms with Gasteiger partial charge in [0.25, 0.3) is 0 Å². The highest BCUT2D eigenvalue weighted by Crippen LogP contribution is 2.45. The van der Waals surface area contributed by atoms with Crippen LogP contribution in [0.3, 0.4) is 0 Å². The standard InChI is InChI=1S/C14H15FN4/c1-7-4-11-12-10(5-9(15)6-17-12)8(2)19(3)13(11)14(16)18-7/h4-6,8H,1-3H3,(H2,16,18). The van der Waals surface area contributed by atoms with Crippen molar-refractivity contribution in [2.45, 2.75) is 19.9 Å². The van der Waals surface area contributed by atoms with E-state index in [1.54, 1.807) is 6.07 Å². The fourth-order valence-electron chi connectivity index (χ4n) is 2.64. The van der Waals surface area contributed by atoms with Gasteiger partial charge in [-0.1, -0.05) is 0 Å². The van der Waals surface area contributed by atoms with E-state index in [0.29, 0.717) is 5.82 Å². The van der Waals surface area contributed by atoms with Crippen molar-refractivity contribution in [1.29, 1.82) is 0 Å². The monoisotopic (exact) mass is 258 g/mol. The number of fused-ring (bicyclic) bond motifs is 3. The minimum Gasteiger partial charge on any atom is -0.382 e. The van der Waals surface area contributed by atoms with Crippen LogP contribution in [-0.4, -0.2) is 17.0 Å². The lowest BCUT2D eigenvalue weighted by Gasteiger charge is -2.35. The van der Waals surface area contributed by atoms with Gasteiger partial charge in [-0.15, -0.1) is 0 Å². The maximum atomic E-state index is 13.4. The van der Waals surface area contributed by atoms with Crippen LogP contribution in [0.4, 0.5) is 15.9 Å². The number of aromatic nitrogens is 2. The Morgan fingerprint density at radius 1 is 1.37 bits per heavy atom. The molecule has 1 aliphatic rings. The van der Waals surface area contributed by atoms with Crippen molar-refractivity contribution in [3.8, 4) is 11.3 Å². The molecule has 0 radical (unpaired) electrons. The van der Waals surface area contributed by atoms with Crippen LogP contribution in [0.2, 0.25) is 0 Å². The molecule has 1 unspecified atom stereocenters. The lowest BCUT2D eigenvalue weighted by atomic mass is 9.93. The quantitative estimate of drug-likeness (QED) is 0.789. The third-order valence-corrected chi connectivity index (χ3v) is 3.67. The van der Waals surface area contributed by atoms with Crippen LogP contribution in [0, 0.1) is 12.7 Å². The SMILES string of the molecule is Cc1cc2c(c(N)n1)N(C)C(C)c1cc(F)cnc1-2. The lowest BCUT2D eigenvalue weighted by Crippen LogP contribution is -2.28. The molecular formula is C14H15FN4. The van der Waals surface area contributed by atoms with Crippen LogP contribution in [0.25, 0.3) is 11.3 Å². The van der Waals surface area contributed by atoms with Gasteiger partial charge in [-0.3, -0.25) is 4.98 Å². The number of rotatable bonds is 0. The second kappa shape index (κ2) is 3.91. The number of halogens is 1. The smallest absolute Gasteiger partial charge is 0.148 e. The summed E-state index contributed by atoms with van der Waals surface area (Å²) in [6, 6.07) is 3.49. The highest BCUT2D eigenvalue weighted by molar-refractivity contribution is 5.88. The molecule has 5 heteroatoms. The Kier molecular flexibility index (Phi) is 2.45. The highest BCUT2D eigenvalue weighted by Gasteiger charge is 2.29. The zero-order chi connectivity index (χ0) is 13.7. The van der Waals surface area contributed by atoms with E-state index in [0.717, 1.165) is 28.2 Å². The fourth-order valence-corrected chi connectivity index (χ4v) is 2.64. The van der Waals surface area contributed by atoms with Crippen LogP contribution < -0.4 is 10.6 Å². The van der Waals surface area contributed by atoms with Crippen LogP contribution in [0.1, 0.15) is 24.2 Å². The third-order valence-electron chi connectivity index (χ3n) is 3.67. The Balaban J connectivity index is 2.36. The van der Waals surface area contributed by atoms with Gasteiger partial charge in [0, 0.05) is 23.9 Å².